The molecule has 8 heteroatoms. The summed E-state index contributed by atoms with van der Waals surface area (Å²) in [6.45, 7) is 12.4. The van der Waals surface area contributed by atoms with Crippen LogP contribution in [0.2, 0.25) is 0 Å². The summed E-state index contributed by atoms with van der Waals surface area (Å²) in [5.41, 5.74) is 5.24. The number of aliphatic imine (C=N–C) groups is 1. The van der Waals surface area contributed by atoms with E-state index >= 15 is 4.39 Å². The van der Waals surface area contributed by atoms with Gasteiger partial charge in [-0.3, -0.25) is 4.99 Å². The van der Waals surface area contributed by atoms with Crippen molar-refractivity contribution in [1.29, 1.82) is 0 Å². The lowest BCUT2D eigenvalue weighted by Gasteiger charge is -2.23. The van der Waals surface area contributed by atoms with E-state index in [1.54, 1.807) is 33.2 Å². The van der Waals surface area contributed by atoms with Crippen LogP contribution in [0.3, 0.4) is 0 Å². The summed E-state index contributed by atoms with van der Waals surface area (Å²) in [6, 6.07) is 10.6. The van der Waals surface area contributed by atoms with E-state index in [4.69, 9.17) is 11.6 Å². The Balaban J connectivity index is 1.68. The van der Waals surface area contributed by atoms with Gasteiger partial charge in [-0.2, -0.15) is 0 Å². The van der Waals surface area contributed by atoms with Crippen molar-refractivity contribution in [3.8, 4) is 11.1 Å². The fourth-order valence-corrected chi connectivity index (χ4v) is 4.62. The first-order valence-corrected chi connectivity index (χ1v) is 12.9. The van der Waals surface area contributed by atoms with E-state index in [1.807, 2.05) is 37.3 Å². The van der Waals surface area contributed by atoms with Crippen molar-refractivity contribution in [2.75, 3.05) is 13.1 Å². The van der Waals surface area contributed by atoms with Crippen LogP contribution in [0.1, 0.15) is 62.7 Å². The first-order valence-electron chi connectivity index (χ1n) is 12.6. The van der Waals surface area contributed by atoms with Crippen molar-refractivity contribution in [1.82, 2.24) is 20.6 Å². The quantitative estimate of drug-likeness (QED) is 0.288. The number of nitrogens with one attached hydrogen (secondary N) is 2. The summed E-state index contributed by atoms with van der Waals surface area (Å²) >= 11 is 6.59. The zero-order chi connectivity index (χ0) is 27.4. The highest BCUT2D eigenvalue weighted by Crippen LogP contribution is 2.35. The molecule has 1 aliphatic heterocycles. The number of aliphatic hydroxyl groups is 1. The lowest BCUT2D eigenvalue weighted by atomic mass is 9.95. The van der Waals surface area contributed by atoms with Gasteiger partial charge in [0.25, 0.3) is 0 Å². The molecule has 38 heavy (non-hydrogen) atoms. The number of hydrogen-bond donors (Lipinski definition) is 3. The average molecular weight is 534 g/mol. The van der Waals surface area contributed by atoms with E-state index < -0.39 is 5.60 Å². The van der Waals surface area contributed by atoms with E-state index in [2.05, 4.69) is 38.4 Å². The second kappa shape index (κ2) is 11.6. The number of benzene rings is 2. The molecule has 1 atom stereocenters. The van der Waals surface area contributed by atoms with Crippen LogP contribution in [0.5, 0.6) is 0 Å². The average Bonchev–Trinajstić information content (AvgIpc) is 2.91. The van der Waals surface area contributed by atoms with Crippen LogP contribution in [0.25, 0.3) is 22.4 Å². The maximum absolute atomic E-state index is 15.0. The van der Waals surface area contributed by atoms with Gasteiger partial charge in [0.05, 0.1) is 17.4 Å². The molecule has 1 aromatic heterocycles. The maximum atomic E-state index is 15.0. The number of allylic oxidation sites excluding steroid dienone is 1. The number of aromatic nitrogens is 2. The molecule has 3 N–H and O–H groups in total. The van der Waals surface area contributed by atoms with E-state index in [-0.39, 0.29) is 11.9 Å². The SMILES string of the molecule is C=Nc1ccc(-c2cnc(C(C)(C)O)nc2)cc1/C(N[C@H](C)c1cc(C2=CCNCC2)ccc1F)=C(\C)Cl. The molecular formula is C30H33ClFN5O. The van der Waals surface area contributed by atoms with Gasteiger partial charge in [0.2, 0.25) is 0 Å². The van der Waals surface area contributed by atoms with E-state index in [0.29, 0.717) is 27.8 Å². The molecule has 2 aromatic carbocycles. The summed E-state index contributed by atoms with van der Waals surface area (Å²) < 4.78 is 15.0. The van der Waals surface area contributed by atoms with Gasteiger partial charge < -0.3 is 15.7 Å². The monoisotopic (exact) mass is 533 g/mol. The molecule has 0 saturated heterocycles. The first-order chi connectivity index (χ1) is 18.1. The van der Waals surface area contributed by atoms with Gasteiger partial charge in [0.15, 0.2) is 5.82 Å². The van der Waals surface area contributed by atoms with Crippen LogP contribution in [0, 0.1) is 5.82 Å². The highest BCUT2D eigenvalue weighted by atomic mass is 35.5. The van der Waals surface area contributed by atoms with Gasteiger partial charge in [-0.25, -0.2) is 14.4 Å². The smallest absolute Gasteiger partial charge is 0.159 e. The van der Waals surface area contributed by atoms with Crippen LogP contribution in [0.15, 0.2) is 64.9 Å². The predicted octanol–water partition coefficient (Wildman–Crippen LogP) is 6.50. The fraction of sp³-hybridized carbons (Fsp3) is 0.300. The molecule has 0 fully saturated rings. The van der Waals surface area contributed by atoms with Gasteiger partial charge >= 0.3 is 0 Å². The minimum Gasteiger partial charge on any atom is -0.382 e. The molecule has 0 radical (unpaired) electrons. The summed E-state index contributed by atoms with van der Waals surface area (Å²) in [7, 11) is 0. The molecule has 0 saturated carbocycles. The number of rotatable bonds is 8. The number of nitrogens with zero attached hydrogens (tertiary/aromatic N) is 3. The number of hydrogen-bond acceptors (Lipinski definition) is 6. The van der Waals surface area contributed by atoms with Crippen molar-refractivity contribution in [3.63, 3.8) is 0 Å². The first kappa shape index (κ1) is 27.6. The maximum Gasteiger partial charge on any atom is 0.159 e. The van der Waals surface area contributed by atoms with Crippen LogP contribution in [0.4, 0.5) is 10.1 Å². The minimum absolute atomic E-state index is 0.283. The van der Waals surface area contributed by atoms with Crippen molar-refractivity contribution < 1.29 is 9.50 Å². The lowest BCUT2D eigenvalue weighted by molar-refractivity contribution is 0.0687. The van der Waals surface area contributed by atoms with E-state index in [9.17, 15) is 5.11 Å². The molecule has 4 rings (SSSR count). The predicted molar refractivity (Wildman–Crippen MR) is 154 cm³/mol. The fourth-order valence-electron chi connectivity index (χ4n) is 4.46. The van der Waals surface area contributed by atoms with E-state index in [0.717, 1.165) is 41.8 Å². The van der Waals surface area contributed by atoms with Crippen LogP contribution in [-0.4, -0.2) is 34.9 Å². The van der Waals surface area contributed by atoms with Gasteiger partial charge in [-0.1, -0.05) is 29.8 Å². The topological polar surface area (TPSA) is 82.4 Å². The standard InChI is InChI=1S/C30H33ClFN5O/c1-18(31)28(37-19(2)24-14-21(6-8-26(24)32)20-10-12-34-13-11-20)25-15-22(7-9-27(25)33-5)23-16-35-29(36-17-23)30(3,4)38/h6-10,14-17,19,34,37-38H,5,11-13H2,1-4H3/b28-18-/t19-/m1/s1. The summed E-state index contributed by atoms with van der Waals surface area (Å²) in [6.07, 6.45) is 6.40. The van der Waals surface area contributed by atoms with Gasteiger partial charge in [0, 0.05) is 40.7 Å². The Hall–Kier alpha value is -3.39. The van der Waals surface area contributed by atoms with Crippen molar-refractivity contribution >= 4 is 35.3 Å². The summed E-state index contributed by atoms with van der Waals surface area (Å²) in [4.78, 5) is 12.8. The highest BCUT2D eigenvalue weighted by molar-refractivity contribution is 6.32. The molecule has 1 aliphatic rings. The van der Waals surface area contributed by atoms with Gasteiger partial charge in [-0.15, -0.1) is 0 Å². The van der Waals surface area contributed by atoms with Crippen LogP contribution in [-0.2, 0) is 5.60 Å². The summed E-state index contributed by atoms with van der Waals surface area (Å²) in [5, 5.41) is 17.4. The van der Waals surface area contributed by atoms with Crippen LogP contribution < -0.4 is 10.6 Å². The third-order valence-electron chi connectivity index (χ3n) is 6.57. The Morgan fingerprint density at radius 2 is 1.87 bits per heavy atom. The molecule has 2 heterocycles. The Labute approximate surface area is 228 Å². The van der Waals surface area contributed by atoms with Gasteiger partial charge in [0.1, 0.15) is 11.4 Å². The molecule has 3 aromatic rings. The minimum atomic E-state index is -1.14. The Kier molecular flexibility index (Phi) is 8.41. The molecule has 0 amide bonds. The zero-order valence-corrected chi connectivity index (χ0v) is 22.9. The Morgan fingerprint density at radius 3 is 2.47 bits per heavy atom. The van der Waals surface area contributed by atoms with Crippen LogP contribution >= 0.6 is 11.6 Å². The highest BCUT2D eigenvalue weighted by Gasteiger charge is 2.21. The molecule has 0 spiro atoms. The molecule has 0 bridgehead atoms. The Bertz CT molecular complexity index is 1390. The molecule has 198 valence electrons. The van der Waals surface area contributed by atoms with Crippen molar-refractivity contribution in [3.05, 3.63) is 88.2 Å². The molecule has 6 nitrogen and oxygen atoms in total. The molecular weight excluding hydrogens is 501 g/mol. The second-order valence-corrected chi connectivity index (χ2v) is 10.5. The lowest BCUT2D eigenvalue weighted by Crippen LogP contribution is -2.21. The molecule has 0 aliphatic carbocycles. The van der Waals surface area contributed by atoms with Crippen molar-refractivity contribution in [2.45, 2.75) is 45.8 Å². The van der Waals surface area contributed by atoms with Crippen molar-refractivity contribution in [2.24, 2.45) is 4.99 Å². The third kappa shape index (κ3) is 6.18. The normalized spacial score (nSPS) is 15.4. The second-order valence-electron chi connectivity index (χ2n) is 9.94. The Morgan fingerprint density at radius 1 is 1.16 bits per heavy atom. The largest absolute Gasteiger partial charge is 0.382 e. The number of halogens is 2. The third-order valence-corrected chi connectivity index (χ3v) is 6.76. The van der Waals surface area contributed by atoms with Gasteiger partial charge in [-0.05, 0) is 88.3 Å². The zero-order valence-electron chi connectivity index (χ0n) is 22.1. The summed E-state index contributed by atoms with van der Waals surface area (Å²) in [5.74, 6) is 0.0535. The van der Waals surface area contributed by atoms with E-state index in [1.165, 1.54) is 11.6 Å². The molecule has 0 unspecified atom stereocenters.